The number of carbonyl (C=O) groups excluding carboxylic acids is 2. The number of para-hydroxylation sites is 1. The number of hydrogen-bond donors (Lipinski definition) is 0. The molecule has 50 heavy (non-hydrogen) atoms. The number of esters is 1. The van der Waals surface area contributed by atoms with Gasteiger partial charge < -0.3 is 24.4 Å². The monoisotopic (exact) mass is 721 g/mol. The highest BCUT2D eigenvalue weighted by atomic mass is 35.5. The minimum Gasteiger partial charge on any atom is -0.870 e. The Labute approximate surface area is 302 Å². The first-order valence-corrected chi connectivity index (χ1v) is 17.2. The van der Waals surface area contributed by atoms with E-state index in [0.29, 0.717) is 45.1 Å². The average molecular weight is 723 g/mol. The molecule has 2 atom stereocenters. The molecule has 3 aliphatic heterocycles. The van der Waals surface area contributed by atoms with Crippen molar-refractivity contribution in [1.82, 2.24) is 4.90 Å². The van der Waals surface area contributed by atoms with Crippen molar-refractivity contribution in [3.05, 3.63) is 117 Å². The number of nitrogens with one attached hydrogen (secondary N) is 1. The number of hydrogen-bond acceptors (Lipinski definition) is 8. The van der Waals surface area contributed by atoms with Crippen molar-refractivity contribution < 1.29 is 39.0 Å². The zero-order valence-electron chi connectivity index (χ0n) is 28.0. The Hall–Kier alpha value is -4.35. The third-order valence-corrected chi connectivity index (χ3v) is 9.96. The van der Waals surface area contributed by atoms with Crippen LogP contribution in [0, 0.1) is 5.92 Å². The summed E-state index contributed by atoms with van der Waals surface area (Å²) in [5.74, 6) is 1.05. The second kappa shape index (κ2) is 17.0. The molecule has 0 radical (unpaired) electrons. The lowest BCUT2D eigenvalue weighted by Crippen LogP contribution is -2.53. The fourth-order valence-corrected chi connectivity index (χ4v) is 7.09. The van der Waals surface area contributed by atoms with Gasteiger partial charge in [-0.2, -0.15) is 0 Å². The number of H-pyrrole nitrogens is 1. The summed E-state index contributed by atoms with van der Waals surface area (Å²) in [4.78, 5) is 33.9. The Morgan fingerprint density at radius 3 is 2.18 bits per heavy atom. The second-order valence-electron chi connectivity index (χ2n) is 12.4. The maximum Gasteiger partial charge on any atom is 0.414 e. The van der Waals surface area contributed by atoms with E-state index < -0.39 is 12.1 Å². The van der Waals surface area contributed by atoms with Gasteiger partial charge >= 0.3 is 12.1 Å². The number of methoxy groups -OCH3 is 2. The Bertz CT molecular complexity index is 1730. The zero-order chi connectivity index (χ0) is 34.3. The van der Waals surface area contributed by atoms with Crippen LogP contribution in [0.2, 0.25) is 10.0 Å². The summed E-state index contributed by atoms with van der Waals surface area (Å²) in [5.41, 5.74) is 3.78. The quantitative estimate of drug-likeness (QED) is 0.144. The average Bonchev–Trinajstić information content (AvgIpc) is 3.13. The van der Waals surface area contributed by atoms with Crippen LogP contribution in [0.1, 0.15) is 41.2 Å². The lowest BCUT2D eigenvalue weighted by molar-refractivity contribution is -0.377. The van der Waals surface area contributed by atoms with Gasteiger partial charge in [0.25, 0.3) is 0 Å². The molecule has 1 amide bonds. The fourth-order valence-electron chi connectivity index (χ4n) is 6.56. The van der Waals surface area contributed by atoms with Crippen molar-refractivity contribution in [1.29, 1.82) is 0 Å². The maximum atomic E-state index is 13.6. The minimum absolute atomic E-state index is 0. The Morgan fingerprint density at radius 1 is 0.900 bits per heavy atom. The minimum atomic E-state index is -0.703. The number of aromatic nitrogens is 1. The van der Waals surface area contributed by atoms with Crippen LogP contribution in [0.25, 0.3) is 0 Å². The molecule has 1 aromatic heterocycles. The van der Waals surface area contributed by atoms with Crippen molar-refractivity contribution in [2.75, 3.05) is 38.8 Å². The van der Waals surface area contributed by atoms with E-state index in [1.165, 1.54) is 0 Å². The highest BCUT2D eigenvalue weighted by molar-refractivity contribution is 6.35. The van der Waals surface area contributed by atoms with Gasteiger partial charge in [0.05, 0.1) is 27.2 Å². The maximum absolute atomic E-state index is 13.6. The molecule has 10 nitrogen and oxygen atoms in total. The molecule has 0 spiro atoms. The number of anilines is 1. The third kappa shape index (κ3) is 8.86. The molecule has 0 unspecified atom stereocenters. The second-order valence-corrected chi connectivity index (χ2v) is 13.2. The van der Waals surface area contributed by atoms with Gasteiger partial charge in [-0.25, -0.2) is 9.78 Å². The number of halogens is 2. The molecule has 2 N–H and O–H groups in total. The summed E-state index contributed by atoms with van der Waals surface area (Å²) in [6.45, 7) is 3.27. The summed E-state index contributed by atoms with van der Waals surface area (Å²) in [7, 11) is 3.11. The molecular weight excluding hydrogens is 681 g/mol. The number of amides is 1. The van der Waals surface area contributed by atoms with Gasteiger partial charge in [-0.3, -0.25) is 14.6 Å². The van der Waals surface area contributed by atoms with Crippen LogP contribution in [-0.2, 0) is 33.7 Å². The molecule has 2 bridgehead atoms. The van der Waals surface area contributed by atoms with Crippen LogP contribution in [-0.4, -0.2) is 62.4 Å². The summed E-state index contributed by atoms with van der Waals surface area (Å²) < 4.78 is 23.1. The van der Waals surface area contributed by atoms with Gasteiger partial charge in [0.2, 0.25) is 0 Å². The summed E-state index contributed by atoms with van der Waals surface area (Å²) in [6.07, 6.45) is 4.53. The highest BCUT2D eigenvalue weighted by Crippen LogP contribution is 2.35. The molecule has 3 aromatic carbocycles. The van der Waals surface area contributed by atoms with Gasteiger partial charge in [0.15, 0.2) is 23.9 Å². The number of pyridine rings is 1. The summed E-state index contributed by atoms with van der Waals surface area (Å²) in [6, 6.07) is 22.5. The first-order valence-electron chi connectivity index (χ1n) is 16.4. The Balaban J connectivity index is 0.00000486. The largest absolute Gasteiger partial charge is 0.870 e. The number of fused-ring (bicyclic) bond motifs is 3. The first-order chi connectivity index (χ1) is 23.8. The van der Waals surface area contributed by atoms with Crippen LogP contribution < -0.4 is 19.4 Å². The Morgan fingerprint density at radius 2 is 1.56 bits per heavy atom. The van der Waals surface area contributed by atoms with Gasteiger partial charge in [0, 0.05) is 24.2 Å². The number of ether oxygens (including phenoxy) is 4. The first kappa shape index (κ1) is 36.9. The Kier molecular flexibility index (Phi) is 12.6. The van der Waals surface area contributed by atoms with E-state index in [1.54, 1.807) is 43.6 Å². The van der Waals surface area contributed by atoms with Crippen LogP contribution in [0.15, 0.2) is 85.2 Å². The molecule has 4 aromatic rings. The molecule has 0 saturated carbocycles. The highest BCUT2D eigenvalue weighted by Gasteiger charge is 2.37. The van der Waals surface area contributed by atoms with Gasteiger partial charge in [0.1, 0.15) is 22.3 Å². The van der Waals surface area contributed by atoms with Crippen LogP contribution in [0.5, 0.6) is 11.5 Å². The van der Waals surface area contributed by atoms with Gasteiger partial charge in [-0.15, -0.1) is 0 Å². The number of piperidine rings is 3. The van der Waals surface area contributed by atoms with E-state index in [2.05, 4.69) is 9.88 Å². The normalized spacial score (nSPS) is 18.4. The SMILES string of the molecule is COc1ccc([C@H](Cc2c(Cl)c[nH+]cc2Cl)OC(=O)Cc2ccc(CN(C(=O)O[C@H]3CN4CCC3CC4)c3ccccc3)cc2)cc1OC.[OH-]. The van der Waals surface area contributed by atoms with Crippen LogP contribution in [0.3, 0.4) is 0 Å². The number of benzene rings is 3. The lowest BCUT2D eigenvalue weighted by Gasteiger charge is -2.44. The molecule has 0 aliphatic carbocycles. The summed E-state index contributed by atoms with van der Waals surface area (Å²) in [5, 5.41) is 0.864. The number of carbonyl (C=O) groups is 2. The number of aromatic amines is 1. The molecule has 3 aliphatic rings. The van der Waals surface area contributed by atoms with E-state index in [0.717, 1.165) is 49.3 Å². The summed E-state index contributed by atoms with van der Waals surface area (Å²) >= 11 is 12.9. The molecule has 4 heterocycles. The van der Waals surface area contributed by atoms with E-state index in [4.69, 9.17) is 42.1 Å². The molecule has 3 fully saturated rings. The van der Waals surface area contributed by atoms with Crippen LogP contribution >= 0.6 is 23.2 Å². The van der Waals surface area contributed by atoms with E-state index >= 15 is 0 Å². The predicted octanol–water partition coefficient (Wildman–Crippen LogP) is 6.96. The van der Waals surface area contributed by atoms with Crippen LogP contribution in [0.4, 0.5) is 10.5 Å². The zero-order valence-corrected chi connectivity index (χ0v) is 29.5. The third-order valence-electron chi connectivity index (χ3n) is 9.29. The smallest absolute Gasteiger partial charge is 0.414 e. The number of nitrogens with zero attached hydrogens (tertiary/aromatic N) is 2. The lowest BCUT2D eigenvalue weighted by atomic mass is 9.86. The fraction of sp³-hybridized carbons (Fsp3) is 0.342. The molecule has 3 saturated heterocycles. The standard InChI is InChI=1S/C38H39Cl2N3O6.H2O/c1-46-33-13-12-28(19-35(33)47-2)34(20-30-31(39)21-41-22-32(30)40)48-37(44)18-25-8-10-26(11-9-25)23-43(29-6-4-3-5-7-29)38(45)49-36-24-42-16-14-27(36)15-17-42;/h3-13,19,21-22,27,34,36H,14-18,20,23-24H2,1-2H3;1H2/t34-,36-;/m0./s1. The number of rotatable bonds is 12. The van der Waals surface area contributed by atoms with Crippen molar-refractivity contribution in [2.45, 2.75) is 44.4 Å². The van der Waals surface area contributed by atoms with Gasteiger partial charge in [-0.05, 0) is 72.8 Å². The van der Waals surface area contributed by atoms with E-state index in [1.807, 2.05) is 60.7 Å². The van der Waals surface area contributed by atoms with Crippen molar-refractivity contribution in [2.24, 2.45) is 5.92 Å². The van der Waals surface area contributed by atoms with Gasteiger partial charge in [-0.1, -0.05) is 71.7 Å². The topological polar surface area (TPSA) is 122 Å². The van der Waals surface area contributed by atoms with Crippen molar-refractivity contribution >= 4 is 41.0 Å². The molecule has 12 heteroatoms. The molecule has 264 valence electrons. The van der Waals surface area contributed by atoms with E-state index in [9.17, 15) is 9.59 Å². The predicted molar refractivity (Wildman–Crippen MR) is 189 cm³/mol. The van der Waals surface area contributed by atoms with Crippen molar-refractivity contribution in [3.63, 3.8) is 0 Å². The molecule has 7 rings (SSSR count). The molecular formula is C38H41Cl2N3O7. The van der Waals surface area contributed by atoms with Crippen molar-refractivity contribution in [3.8, 4) is 11.5 Å². The van der Waals surface area contributed by atoms with E-state index in [-0.39, 0.29) is 30.5 Å².